The molecule has 1 N–H and O–H groups in total. The first kappa shape index (κ1) is 10.9. The second-order valence-electron chi connectivity index (χ2n) is 3.87. The number of nitrogens with zero attached hydrogens (tertiary/aromatic N) is 4. The molecule has 86 valence electrons. The van der Waals surface area contributed by atoms with Crippen molar-refractivity contribution in [2.45, 2.75) is 33.1 Å². The Kier molecular flexibility index (Phi) is 3.03. The highest BCUT2D eigenvalue weighted by molar-refractivity contribution is 5.56. The Hall–Kier alpha value is -1.65. The Morgan fingerprint density at radius 2 is 2.19 bits per heavy atom. The molecule has 0 aromatic carbocycles. The van der Waals surface area contributed by atoms with E-state index >= 15 is 0 Å². The van der Waals surface area contributed by atoms with Gasteiger partial charge in [0, 0.05) is 19.7 Å². The van der Waals surface area contributed by atoms with Gasteiger partial charge in [0.15, 0.2) is 5.82 Å². The maximum absolute atomic E-state index is 4.47. The number of aromatic nitrogens is 5. The second kappa shape index (κ2) is 4.47. The van der Waals surface area contributed by atoms with Crippen molar-refractivity contribution in [2.24, 2.45) is 7.05 Å². The predicted octanol–water partition coefficient (Wildman–Crippen LogP) is 1.72. The molecule has 0 aliphatic rings. The summed E-state index contributed by atoms with van der Waals surface area (Å²) >= 11 is 0. The fourth-order valence-corrected chi connectivity index (χ4v) is 1.75. The van der Waals surface area contributed by atoms with Gasteiger partial charge in [0.1, 0.15) is 5.82 Å². The van der Waals surface area contributed by atoms with E-state index in [1.165, 1.54) is 0 Å². The molecule has 2 aromatic rings. The third-order valence-corrected chi connectivity index (χ3v) is 2.50. The lowest BCUT2D eigenvalue weighted by Crippen LogP contribution is -1.89. The van der Waals surface area contributed by atoms with E-state index < -0.39 is 0 Å². The SMILES string of the molecule is CCCc1nc(-c2cn(C)nc2CC)n[nH]1. The van der Waals surface area contributed by atoms with Crippen LogP contribution in [0.4, 0.5) is 0 Å². The number of nitrogens with one attached hydrogen (secondary N) is 1. The summed E-state index contributed by atoms with van der Waals surface area (Å²) in [6.45, 7) is 4.22. The zero-order chi connectivity index (χ0) is 11.5. The highest BCUT2D eigenvalue weighted by Crippen LogP contribution is 2.19. The lowest BCUT2D eigenvalue weighted by atomic mass is 10.2. The van der Waals surface area contributed by atoms with Gasteiger partial charge in [-0.1, -0.05) is 13.8 Å². The summed E-state index contributed by atoms with van der Waals surface area (Å²) in [6, 6.07) is 0. The molecule has 5 nitrogen and oxygen atoms in total. The van der Waals surface area contributed by atoms with E-state index in [2.05, 4.69) is 34.1 Å². The fraction of sp³-hybridized carbons (Fsp3) is 0.545. The molecule has 0 spiro atoms. The van der Waals surface area contributed by atoms with E-state index in [9.17, 15) is 0 Å². The minimum Gasteiger partial charge on any atom is -0.275 e. The van der Waals surface area contributed by atoms with Gasteiger partial charge in [0.2, 0.25) is 0 Å². The maximum atomic E-state index is 4.47. The van der Waals surface area contributed by atoms with Crippen LogP contribution in [0.2, 0.25) is 0 Å². The van der Waals surface area contributed by atoms with Crippen molar-refractivity contribution in [3.63, 3.8) is 0 Å². The van der Waals surface area contributed by atoms with Crippen LogP contribution in [0.25, 0.3) is 11.4 Å². The van der Waals surface area contributed by atoms with E-state index in [0.29, 0.717) is 0 Å². The molecule has 0 saturated heterocycles. The topological polar surface area (TPSA) is 59.4 Å². The van der Waals surface area contributed by atoms with Crippen molar-refractivity contribution in [3.8, 4) is 11.4 Å². The Morgan fingerprint density at radius 3 is 2.88 bits per heavy atom. The van der Waals surface area contributed by atoms with E-state index in [1.54, 1.807) is 0 Å². The van der Waals surface area contributed by atoms with Crippen LogP contribution in [0.15, 0.2) is 6.20 Å². The highest BCUT2D eigenvalue weighted by Gasteiger charge is 2.12. The molecule has 0 bridgehead atoms. The number of rotatable bonds is 4. The first-order valence-electron chi connectivity index (χ1n) is 5.68. The van der Waals surface area contributed by atoms with Crippen molar-refractivity contribution in [2.75, 3.05) is 0 Å². The molecule has 5 heteroatoms. The minimum atomic E-state index is 0.758. The van der Waals surface area contributed by atoms with Gasteiger partial charge in [-0.15, -0.1) is 0 Å². The molecule has 0 radical (unpaired) electrons. The van der Waals surface area contributed by atoms with Crippen LogP contribution in [-0.2, 0) is 19.9 Å². The summed E-state index contributed by atoms with van der Waals surface area (Å²) < 4.78 is 1.81. The quantitative estimate of drug-likeness (QED) is 0.851. The molecular formula is C11H17N5. The molecule has 0 fully saturated rings. The summed E-state index contributed by atoms with van der Waals surface area (Å²) in [4.78, 5) is 4.47. The lowest BCUT2D eigenvalue weighted by Gasteiger charge is -1.92. The van der Waals surface area contributed by atoms with Gasteiger partial charge in [-0.3, -0.25) is 9.78 Å². The van der Waals surface area contributed by atoms with Crippen molar-refractivity contribution < 1.29 is 0 Å². The summed E-state index contributed by atoms with van der Waals surface area (Å²) in [5.74, 6) is 1.71. The lowest BCUT2D eigenvalue weighted by molar-refractivity contribution is 0.746. The normalized spacial score (nSPS) is 10.9. The van der Waals surface area contributed by atoms with Gasteiger partial charge >= 0.3 is 0 Å². The average Bonchev–Trinajstić information content (AvgIpc) is 2.85. The van der Waals surface area contributed by atoms with Crippen molar-refractivity contribution in [3.05, 3.63) is 17.7 Å². The van der Waals surface area contributed by atoms with Crippen molar-refractivity contribution in [1.29, 1.82) is 0 Å². The molecule has 2 rings (SSSR count). The predicted molar refractivity (Wildman–Crippen MR) is 62.0 cm³/mol. The second-order valence-corrected chi connectivity index (χ2v) is 3.87. The average molecular weight is 219 g/mol. The van der Waals surface area contributed by atoms with Gasteiger partial charge in [-0.2, -0.15) is 10.2 Å². The minimum absolute atomic E-state index is 0.758. The van der Waals surface area contributed by atoms with E-state index in [0.717, 1.165) is 42.2 Å². The standard InChI is InChI=1S/C11H17N5/c1-4-6-10-12-11(14-13-10)8-7-16(3)15-9(8)5-2/h7H,4-6H2,1-3H3,(H,12,13,14). The highest BCUT2D eigenvalue weighted by atomic mass is 15.3. The third kappa shape index (κ3) is 1.98. The van der Waals surface area contributed by atoms with Crippen LogP contribution in [0.3, 0.4) is 0 Å². The Morgan fingerprint density at radius 1 is 1.38 bits per heavy atom. The molecule has 0 atom stereocenters. The number of hydrogen-bond donors (Lipinski definition) is 1. The van der Waals surface area contributed by atoms with Gasteiger partial charge in [0.05, 0.1) is 11.3 Å². The smallest absolute Gasteiger partial charge is 0.184 e. The zero-order valence-electron chi connectivity index (χ0n) is 9.99. The van der Waals surface area contributed by atoms with Crippen molar-refractivity contribution in [1.82, 2.24) is 25.0 Å². The van der Waals surface area contributed by atoms with Crippen LogP contribution in [0.5, 0.6) is 0 Å². The Balaban J connectivity index is 2.34. The number of hydrogen-bond acceptors (Lipinski definition) is 3. The first-order chi connectivity index (χ1) is 7.74. The summed E-state index contributed by atoms with van der Waals surface area (Å²) in [6.07, 6.45) is 4.88. The van der Waals surface area contributed by atoms with E-state index in [-0.39, 0.29) is 0 Å². The van der Waals surface area contributed by atoms with Crippen LogP contribution in [0, 0.1) is 0 Å². The molecule has 2 aromatic heterocycles. The van der Waals surface area contributed by atoms with Crippen LogP contribution < -0.4 is 0 Å². The number of aromatic amines is 1. The molecular weight excluding hydrogens is 202 g/mol. The molecule has 0 amide bonds. The van der Waals surface area contributed by atoms with E-state index in [1.807, 2.05) is 17.9 Å². The fourth-order valence-electron chi connectivity index (χ4n) is 1.75. The largest absolute Gasteiger partial charge is 0.275 e. The van der Waals surface area contributed by atoms with Gasteiger partial charge in [0.25, 0.3) is 0 Å². The molecule has 2 heterocycles. The molecule has 0 aliphatic heterocycles. The molecule has 0 unspecified atom stereocenters. The monoisotopic (exact) mass is 219 g/mol. The first-order valence-corrected chi connectivity index (χ1v) is 5.68. The third-order valence-electron chi connectivity index (χ3n) is 2.50. The molecule has 0 aliphatic carbocycles. The number of H-pyrrole nitrogens is 1. The van der Waals surface area contributed by atoms with Crippen molar-refractivity contribution >= 4 is 0 Å². The summed E-state index contributed by atoms with van der Waals surface area (Å²) in [7, 11) is 1.92. The maximum Gasteiger partial charge on any atom is 0.184 e. The summed E-state index contributed by atoms with van der Waals surface area (Å²) in [5, 5.41) is 11.6. The van der Waals surface area contributed by atoms with Gasteiger partial charge < -0.3 is 0 Å². The summed E-state index contributed by atoms with van der Waals surface area (Å²) in [5.41, 5.74) is 2.08. The van der Waals surface area contributed by atoms with Crippen LogP contribution >= 0.6 is 0 Å². The molecule has 0 saturated carbocycles. The van der Waals surface area contributed by atoms with E-state index in [4.69, 9.17) is 0 Å². The molecule has 16 heavy (non-hydrogen) atoms. The van der Waals surface area contributed by atoms with Crippen LogP contribution in [0.1, 0.15) is 31.8 Å². The zero-order valence-corrected chi connectivity index (χ0v) is 9.99. The van der Waals surface area contributed by atoms with Gasteiger partial charge in [-0.25, -0.2) is 4.98 Å². The Labute approximate surface area is 94.9 Å². The number of aryl methyl sites for hydroxylation is 3. The van der Waals surface area contributed by atoms with Gasteiger partial charge in [-0.05, 0) is 12.8 Å². The van der Waals surface area contributed by atoms with Crippen LogP contribution in [-0.4, -0.2) is 25.0 Å². The Bertz CT molecular complexity index is 468.